The Balaban J connectivity index is 3.81. The van der Waals surface area contributed by atoms with Gasteiger partial charge in [-0.1, -0.05) is 0 Å². The van der Waals surface area contributed by atoms with Crippen LogP contribution in [0.2, 0.25) is 14.8 Å². The molecule has 1 aromatic carbocycles. The standard InChI is InChI=1S/C7F4N.3CH3.Sn/c8-4-1-3(2-12)5(9)7(11)6(4)10;;;;/h;3*1H3;. The molecule has 0 aliphatic carbocycles. The number of hydrogen-bond acceptors (Lipinski definition) is 1. The second-order valence-electron chi connectivity index (χ2n) is 4.37. The average molecular weight is 338 g/mol. The van der Waals surface area contributed by atoms with E-state index in [2.05, 4.69) is 0 Å². The molecular weight excluding hydrogens is 329 g/mol. The summed E-state index contributed by atoms with van der Waals surface area (Å²) in [5.74, 6) is -6.77. The molecule has 0 amide bonds. The van der Waals surface area contributed by atoms with Crippen LogP contribution in [0.25, 0.3) is 0 Å². The Bertz CT molecular complexity index is 485. The molecule has 0 aliphatic rings. The van der Waals surface area contributed by atoms with Gasteiger partial charge in [0.15, 0.2) is 0 Å². The van der Waals surface area contributed by atoms with Gasteiger partial charge in [0.2, 0.25) is 0 Å². The van der Waals surface area contributed by atoms with Crippen molar-refractivity contribution in [3.63, 3.8) is 0 Å². The predicted octanol–water partition coefficient (Wildman–Crippen LogP) is 2.66. The van der Waals surface area contributed by atoms with Crippen LogP contribution in [0.5, 0.6) is 0 Å². The number of nitriles is 1. The van der Waals surface area contributed by atoms with Gasteiger partial charge in [-0.05, 0) is 0 Å². The Morgan fingerprint density at radius 1 is 0.875 bits per heavy atom. The van der Waals surface area contributed by atoms with E-state index < -0.39 is 47.2 Å². The minimum absolute atomic E-state index is 0.242. The molecule has 0 saturated heterocycles. The van der Waals surface area contributed by atoms with Crippen LogP contribution in [-0.2, 0) is 0 Å². The molecule has 0 bridgehead atoms. The predicted molar refractivity (Wildman–Crippen MR) is 54.0 cm³/mol. The molecule has 0 radical (unpaired) electrons. The molecule has 0 unspecified atom stereocenters. The third kappa shape index (κ3) is 2.03. The zero-order chi connectivity index (χ0) is 12.7. The second-order valence-corrected chi connectivity index (χ2v) is 18.6. The fraction of sp³-hybridized carbons (Fsp3) is 0.300. The molecule has 1 rings (SSSR count). The third-order valence-corrected chi connectivity index (χ3v) is 7.75. The van der Waals surface area contributed by atoms with Crippen molar-refractivity contribution in [3.8, 4) is 6.07 Å². The number of nitrogens with zero attached hydrogens (tertiary/aromatic N) is 1. The summed E-state index contributed by atoms with van der Waals surface area (Å²) in [6, 6.07) is 1.41. The SMILES string of the molecule is [CH3][Sn]([CH3])([CH3])[c]1c(F)c(F)c(F)c(F)c1C#N. The number of hydrogen-bond donors (Lipinski definition) is 0. The normalized spacial score (nSPS) is 11.4. The van der Waals surface area contributed by atoms with E-state index >= 15 is 0 Å². The number of benzene rings is 1. The number of rotatable bonds is 1. The zero-order valence-electron chi connectivity index (χ0n) is 8.96. The van der Waals surface area contributed by atoms with E-state index in [1.54, 1.807) is 14.8 Å². The summed E-state index contributed by atoms with van der Waals surface area (Å²) < 4.78 is 52.4. The Hall–Kier alpha value is -0.771. The van der Waals surface area contributed by atoms with Crippen LogP contribution in [-0.4, -0.2) is 18.4 Å². The van der Waals surface area contributed by atoms with Crippen LogP contribution in [0.3, 0.4) is 0 Å². The first kappa shape index (κ1) is 13.3. The molecule has 86 valence electrons. The molecule has 1 aromatic rings. The Morgan fingerprint density at radius 2 is 1.31 bits per heavy atom. The molecule has 1 nitrogen and oxygen atoms in total. The topological polar surface area (TPSA) is 23.8 Å². The summed E-state index contributed by atoms with van der Waals surface area (Å²) >= 11 is -3.23. The van der Waals surface area contributed by atoms with Crippen molar-refractivity contribution in [2.75, 3.05) is 0 Å². The summed E-state index contributed by atoms with van der Waals surface area (Å²) in [6.07, 6.45) is 0. The quantitative estimate of drug-likeness (QED) is 0.334. The average Bonchev–Trinajstić information content (AvgIpc) is 2.18. The Kier molecular flexibility index (Phi) is 3.52. The van der Waals surface area contributed by atoms with Gasteiger partial charge >= 0.3 is 94.5 Å². The van der Waals surface area contributed by atoms with Crippen LogP contribution >= 0.6 is 0 Å². The van der Waals surface area contributed by atoms with Crippen LogP contribution in [0, 0.1) is 34.6 Å². The van der Waals surface area contributed by atoms with E-state index in [0.29, 0.717) is 0 Å². The Labute approximate surface area is 94.6 Å². The maximum absolute atomic E-state index is 13.5. The number of halogens is 4. The monoisotopic (exact) mass is 339 g/mol. The fourth-order valence-corrected chi connectivity index (χ4v) is 6.25. The van der Waals surface area contributed by atoms with Crippen molar-refractivity contribution in [2.24, 2.45) is 0 Å². The third-order valence-electron chi connectivity index (χ3n) is 2.13. The Morgan fingerprint density at radius 3 is 1.69 bits per heavy atom. The minimum atomic E-state index is -3.23. The molecule has 0 aromatic heterocycles. The fourth-order valence-electron chi connectivity index (χ4n) is 1.44. The molecular formula is C10H9F4NSn. The van der Waals surface area contributed by atoms with Gasteiger partial charge in [0, 0.05) is 0 Å². The second kappa shape index (κ2) is 4.24. The maximum atomic E-state index is 13.5. The van der Waals surface area contributed by atoms with Gasteiger partial charge in [-0.15, -0.1) is 0 Å². The van der Waals surface area contributed by atoms with Gasteiger partial charge in [-0.25, -0.2) is 0 Å². The van der Waals surface area contributed by atoms with E-state index in [1.165, 1.54) is 6.07 Å². The molecule has 0 heterocycles. The van der Waals surface area contributed by atoms with Gasteiger partial charge in [0.25, 0.3) is 0 Å². The van der Waals surface area contributed by atoms with Crippen molar-refractivity contribution in [1.82, 2.24) is 0 Å². The van der Waals surface area contributed by atoms with Gasteiger partial charge in [-0.3, -0.25) is 0 Å². The van der Waals surface area contributed by atoms with Crippen molar-refractivity contribution in [1.29, 1.82) is 5.26 Å². The van der Waals surface area contributed by atoms with Gasteiger partial charge in [0.1, 0.15) is 0 Å². The first-order chi connectivity index (χ1) is 7.21. The van der Waals surface area contributed by atoms with Crippen molar-refractivity contribution in [2.45, 2.75) is 14.8 Å². The van der Waals surface area contributed by atoms with Crippen LogP contribution in [0.15, 0.2) is 0 Å². The van der Waals surface area contributed by atoms with E-state index in [1.807, 2.05) is 0 Å². The molecule has 0 fully saturated rings. The molecule has 0 atom stereocenters. The molecule has 16 heavy (non-hydrogen) atoms. The van der Waals surface area contributed by atoms with E-state index in [0.717, 1.165) is 0 Å². The summed E-state index contributed by atoms with van der Waals surface area (Å²) in [5.41, 5.74) is -0.695. The van der Waals surface area contributed by atoms with Crippen molar-refractivity contribution >= 4 is 22.0 Å². The van der Waals surface area contributed by atoms with Gasteiger partial charge in [-0.2, -0.15) is 0 Å². The van der Waals surface area contributed by atoms with Gasteiger partial charge < -0.3 is 0 Å². The molecule has 0 spiro atoms. The van der Waals surface area contributed by atoms with E-state index in [-0.39, 0.29) is 3.58 Å². The summed E-state index contributed by atoms with van der Waals surface area (Å²) in [5, 5.41) is 8.69. The van der Waals surface area contributed by atoms with Crippen LogP contribution < -0.4 is 3.58 Å². The molecule has 0 saturated carbocycles. The first-order valence-electron chi connectivity index (χ1n) is 4.48. The molecule has 0 N–H and O–H groups in total. The zero-order valence-corrected chi connectivity index (χ0v) is 11.8. The van der Waals surface area contributed by atoms with Gasteiger partial charge in [0.05, 0.1) is 0 Å². The van der Waals surface area contributed by atoms with Crippen molar-refractivity contribution in [3.05, 3.63) is 28.8 Å². The van der Waals surface area contributed by atoms with Crippen LogP contribution in [0.4, 0.5) is 17.6 Å². The van der Waals surface area contributed by atoms with E-state index in [9.17, 15) is 17.6 Å². The molecule has 6 heteroatoms. The summed E-state index contributed by atoms with van der Waals surface area (Å²) in [6.45, 7) is 0. The first-order valence-corrected chi connectivity index (χ1v) is 14.5. The van der Waals surface area contributed by atoms with Crippen LogP contribution in [0.1, 0.15) is 5.56 Å². The summed E-state index contributed by atoms with van der Waals surface area (Å²) in [7, 11) is 0. The molecule has 0 aliphatic heterocycles. The van der Waals surface area contributed by atoms with Crippen molar-refractivity contribution < 1.29 is 17.6 Å². The summed E-state index contributed by atoms with van der Waals surface area (Å²) in [4.78, 5) is 5.06. The van der Waals surface area contributed by atoms with E-state index in [4.69, 9.17) is 5.26 Å².